The van der Waals surface area contributed by atoms with Crippen LogP contribution >= 0.6 is 11.6 Å². The van der Waals surface area contributed by atoms with Crippen LogP contribution in [0, 0.1) is 12.8 Å². The monoisotopic (exact) mass is 420 g/mol. The molecule has 28 heavy (non-hydrogen) atoms. The van der Waals surface area contributed by atoms with Gasteiger partial charge in [0.1, 0.15) is 0 Å². The highest BCUT2D eigenvalue weighted by molar-refractivity contribution is 7.88. The minimum Gasteiger partial charge on any atom is -0.352 e. The van der Waals surface area contributed by atoms with Crippen molar-refractivity contribution in [2.24, 2.45) is 5.92 Å². The summed E-state index contributed by atoms with van der Waals surface area (Å²) in [6, 6.07) is 14.9. The molecule has 2 aromatic rings. The molecule has 0 aromatic heterocycles. The standard InChI is InChI=1S/C21H25ClN2O3S/c1-16-4-2-3-5-19(16)15-28(26,27)24-12-10-18(11-13-24)21(25)23-14-17-6-8-20(22)9-7-17/h2-9,18H,10-15H2,1H3,(H,23,25). The third-order valence-corrected chi connectivity index (χ3v) is 7.28. The SMILES string of the molecule is Cc1ccccc1CS(=O)(=O)N1CCC(C(=O)NCc2ccc(Cl)cc2)CC1. The molecule has 0 aliphatic carbocycles. The van der Waals surface area contributed by atoms with E-state index in [2.05, 4.69) is 5.32 Å². The highest BCUT2D eigenvalue weighted by Gasteiger charge is 2.31. The molecule has 3 rings (SSSR count). The lowest BCUT2D eigenvalue weighted by Gasteiger charge is -2.30. The number of sulfonamides is 1. The van der Waals surface area contributed by atoms with E-state index >= 15 is 0 Å². The molecule has 7 heteroatoms. The van der Waals surface area contributed by atoms with Crippen LogP contribution in [0.5, 0.6) is 0 Å². The van der Waals surface area contributed by atoms with Crippen LogP contribution in [0.4, 0.5) is 0 Å². The molecular weight excluding hydrogens is 396 g/mol. The fourth-order valence-corrected chi connectivity index (χ4v) is 5.18. The fraction of sp³-hybridized carbons (Fsp3) is 0.381. The average molecular weight is 421 g/mol. The zero-order valence-corrected chi connectivity index (χ0v) is 17.5. The zero-order valence-electron chi connectivity index (χ0n) is 15.9. The fourth-order valence-electron chi connectivity index (χ4n) is 3.39. The molecule has 5 nitrogen and oxygen atoms in total. The lowest BCUT2D eigenvalue weighted by Crippen LogP contribution is -2.43. The largest absolute Gasteiger partial charge is 0.352 e. The maximum atomic E-state index is 12.7. The summed E-state index contributed by atoms with van der Waals surface area (Å²) in [6.45, 7) is 3.13. The maximum Gasteiger partial charge on any atom is 0.223 e. The molecule has 0 spiro atoms. The number of benzene rings is 2. The summed E-state index contributed by atoms with van der Waals surface area (Å²) in [6.07, 6.45) is 1.08. The van der Waals surface area contributed by atoms with Crippen LogP contribution in [0.2, 0.25) is 5.02 Å². The van der Waals surface area contributed by atoms with Crippen molar-refractivity contribution in [3.8, 4) is 0 Å². The van der Waals surface area contributed by atoms with Gasteiger partial charge in [-0.1, -0.05) is 48.0 Å². The third-order valence-electron chi connectivity index (χ3n) is 5.20. The first-order valence-electron chi connectivity index (χ1n) is 9.39. The topological polar surface area (TPSA) is 66.5 Å². The predicted molar refractivity (Wildman–Crippen MR) is 111 cm³/mol. The number of piperidine rings is 1. The normalized spacial score (nSPS) is 16.1. The Labute approximate surface area is 171 Å². The summed E-state index contributed by atoms with van der Waals surface area (Å²) >= 11 is 5.87. The van der Waals surface area contributed by atoms with Gasteiger partial charge in [0.2, 0.25) is 15.9 Å². The second-order valence-corrected chi connectivity index (χ2v) is 9.61. The van der Waals surface area contributed by atoms with E-state index in [-0.39, 0.29) is 17.6 Å². The van der Waals surface area contributed by atoms with E-state index in [1.807, 2.05) is 43.3 Å². The summed E-state index contributed by atoms with van der Waals surface area (Å²) in [4.78, 5) is 12.4. The average Bonchev–Trinajstić information content (AvgIpc) is 2.69. The Bertz CT molecular complexity index is 921. The van der Waals surface area contributed by atoms with Gasteiger partial charge in [-0.15, -0.1) is 0 Å². The molecule has 1 aliphatic rings. The maximum absolute atomic E-state index is 12.7. The molecule has 0 radical (unpaired) electrons. The van der Waals surface area contributed by atoms with E-state index in [0.29, 0.717) is 37.5 Å². The number of hydrogen-bond acceptors (Lipinski definition) is 3. The summed E-state index contributed by atoms with van der Waals surface area (Å²) in [7, 11) is -3.38. The van der Waals surface area contributed by atoms with Crippen LogP contribution in [0.1, 0.15) is 29.5 Å². The molecule has 0 saturated carbocycles. The molecule has 1 aliphatic heterocycles. The van der Waals surface area contributed by atoms with Crippen molar-refractivity contribution in [2.45, 2.75) is 32.1 Å². The number of nitrogens with zero attached hydrogens (tertiary/aromatic N) is 1. The number of hydrogen-bond donors (Lipinski definition) is 1. The van der Waals surface area contributed by atoms with Gasteiger partial charge < -0.3 is 5.32 Å². The molecule has 0 bridgehead atoms. The van der Waals surface area contributed by atoms with Crippen molar-refractivity contribution < 1.29 is 13.2 Å². The van der Waals surface area contributed by atoms with Gasteiger partial charge in [-0.2, -0.15) is 0 Å². The number of carbonyl (C=O) groups is 1. The van der Waals surface area contributed by atoms with Crippen molar-refractivity contribution in [2.75, 3.05) is 13.1 Å². The van der Waals surface area contributed by atoms with Gasteiger partial charge in [-0.3, -0.25) is 4.79 Å². The van der Waals surface area contributed by atoms with Crippen LogP contribution in [-0.2, 0) is 27.1 Å². The number of nitrogens with one attached hydrogen (secondary N) is 1. The number of amides is 1. The van der Waals surface area contributed by atoms with Crippen molar-refractivity contribution in [1.29, 1.82) is 0 Å². The molecule has 1 fully saturated rings. The first-order valence-corrected chi connectivity index (χ1v) is 11.4. The van der Waals surface area contributed by atoms with E-state index in [4.69, 9.17) is 11.6 Å². The van der Waals surface area contributed by atoms with Crippen LogP contribution in [0.15, 0.2) is 48.5 Å². The lowest BCUT2D eigenvalue weighted by molar-refractivity contribution is -0.126. The number of aryl methyl sites for hydroxylation is 1. The van der Waals surface area contributed by atoms with Crippen molar-refractivity contribution >= 4 is 27.5 Å². The number of rotatable bonds is 6. The summed E-state index contributed by atoms with van der Waals surface area (Å²) in [5.41, 5.74) is 2.78. The van der Waals surface area contributed by atoms with Gasteiger partial charge in [-0.05, 0) is 48.6 Å². The van der Waals surface area contributed by atoms with Crippen LogP contribution < -0.4 is 5.32 Å². The number of carbonyl (C=O) groups excluding carboxylic acids is 1. The van der Waals surface area contributed by atoms with E-state index < -0.39 is 10.0 Å². The predicted octanol–water partition coefficient (Wildman–Crippen LogP) is 3.51. The third kappa shape index (κ3) is 5.34. The second-order valence-electron chi connectivity index (χ2n) is 7.20. The first-order chi connectivity index (χ1) is 13.3. The molecule has 150 valence electrons. The van der Waals surface area contributed by atoms with Gasteiger partial charge in [-0.25, -0.2) is 12.7 Å². The van der Waals surface area contributed by atoms with Crippen molar-refractivity contribution in [3.63, 3.8) is 0 Å². The Hall–Kier alpha value is -1.89. The summed E-state index contributed by atoms with van der Waals surface area (Å²) in [5, 5.41) is 3.60. The van der Waals surface area contributed by atoms with Gasteiger partial charge >= 0.3 is 0 Å². The molecule has 1 amide bonds. The van der Waals surface area contributed by atoms with Crippen LogP contribution in [-0.4, -0.2) is 31.7 Å². The Kier molecular flexibility index (Phi) is 6.75. The van der Waals surface area contributed by atoms with Gasteiger partial charge in [0, 0.05) is 30.6 Å². The molecule has 2 aromatic carbocycles. The smallest absolute Gasteiger partial charge is 0.223 e. The first kappa shape index (κ1) is 20.8. The molecular formula is C21H25ClN2O3S. The molecule has 1 heterocycles. The lowest BCUT2D eigenvalue weighted by atomic mass is 9.97. The summed E-state index contributed by atoms with van der Waals surface area (Å²) < 4.78 is 27.0. The summed E-state index contributed by atoms with van der Waals surface area (Å²) in [5.74, 6) is -0.171. The van der Waals surface area contributed by atoms with E-state index in [1.165, 1.54) is 4.31 Å². The minimum absolute atomic E-state index is 0.00705. The Morgan fingerprint density at radius 3 is 2.39 bits per heavy atom. The van der Waals surface area contributed by atoms with E-state index in [0.717, 1.165) is 16.7 Å². The number of halogens is 1. The second kappa shape index (κ2) is 9.07. The van der Waals surface area contributed by atoms with Gasteiger partial charge in [0.05, 0.1) is 5.75 Å². The van der Waals surface area contributed by atoms with Crippen LogP contribution in [0.3, 0.4) is 0 Å². The van der Waals surface area contributed by atoms with Crippen molar-refractivity contribution in [3.05, 3.63) is 70.2 Å². The van der Waals surface area contributed by atoms with Gasteiger partial charge in [0.25, 0.3) is 0 Å². The Balaban J connectivity index is 1.51. The molecule has 1 saturated heterocycles. The van der Waals surface area contributed by atoms with Crippen molar-refractivity contribution in [1.82, 2.24) is 9.62 Å². The van der Waals surface area contributed by atoms with Gasteiger partial charge in [0.15, 0.2) is 0 Å². The highest BCUT2D eigenvalue weighted by atomic mass is 35.5. The minimum atomic E-state index is -3.38. The Morgan fingerprint density at radius 2 is 1.75 bits per heavy atom. The highest BCUT2D eigenvalue weighted by Crippen LogP contribution is 2.23. The Morgan fingerprint density at radius 1 is 1.11 bits per heavy atom. The molecule has 0 unspecified atom stereocenters. The molecule has 0 atom stereocenters. The molecule has 1 N–H and O–H groups in total. The van der Waals surface area contributed by atoms with E-state index in [9.17, 15) is 13.2 Å². The quantitative estimate of drug-likeness (QED) is 0.777. The van der Waals surface area contributed by atoms with E-state index in [1.54, 1.807) is 12.1 Å². The van der Waals surface area contributed by atoms with Crippen LogP contribution in [0.25, 0.3) is 0 Å². The zero-order chi connectivity index (χ0) is 20.1.